The fraction of sp³-hybridized carbons (Fsp3) is 0.250. The van der Waals surface area contributed by atoms with Crippen molar-refractivity contribution in [3.05, 3.63) is 65.0 Å². The summed E-state index contributed by atoms with van der Waals surface area (Å²) in [5.41, 5.74) is 4.39. The Bertz CT molecular complexity index is 568. The highest BCUT2D eigenvalue weighted by molar-refractivity contribution is 6.17. The first-order valence-electron chi connectivity index (χ1n) is 6.21. The molecule has 0 atom stereocenters. The zero-order valence-electron chi connectivity index (χ0n) is 11.2. The van der Waals surface area contributed by atoms with E-state index in [1.54, 1.807) is 12.1 Å². The van der Waals surface area contributed by atoms with Gasteiger partial charge in [-0.3, -0.25) is 0 Å². The highest BCUT2D eigenvalue weighted by Gasteiger charge is 2.06. The molecule has 0 spiro atoms. The summed E-state index contributed by atoms with van der Waals surface area (Å²) in [5, 5.41) is 0. The van der Waals surface area contributed by atoms with Gasteiger partial charge in [-0.1, -0.05) is 24.3 Å². The molecule has 0 saturated heterocycles. The molecule has 0 saturated carbocycles. The second-order valence-corrected chi connectivity index (χ2v) is 5.01. The van der Waals surface area contributed by atoms with Gasteiger partial charge >= 0.3 is 0 Å². The lowest BCUT2D eigenvalue weighted by Gasteiger charge is -2.22. The summed E-state index contributed by atoms with van der Waals surface area (Å²) in [4.78, 5) is 2.11. The Balaban J connectivity index is 2.18. The molecule has 0 aliphatic heterocycles. The molecule has 0 bridgehead atoms. The Morgan fingerprint density at radius 1 is 1.11 bits per heavy atom. The van der Waals surface area contributed by atoms with Gasteiger partial charge in [0.25, 0.3) is 0 Å². The van der Waals surface area contributed by atoms with E-state index in [0.29, 0.717) is 12.4 Å². The van der Waals surface area contributed by atoms with Crippen molar-refractivity contribution >= 4 is 17.3 Å². The third-order valence-corrected chi connectivity index (χ3v) is 3.44. The number of halogens is 2. The summed E-state index contributed by atoms with van der Waals surface area (Å²) in [6.07, 6.45) is 0. The number of aryl methyl sites for hydroxylation is 1. The molecule has 1 nitrogen and oxygen atoms in total. The lowest BCUT2D eigenvalue weighted by Crippen LogP contribution is -2.17. The second-order valence-electron chi connectivity index (χ2n) is 4.74. The quantitative estimate of drug-likeness (QED) is 0.743. The summed E-state index contributed by atoms with van der Waals surface area (Å²) >= 11 is 5.82. The highest BCUT2D eigenvalue weighted by Crippen LogP contribution is 2.22. The first kappa shape index (κ1) is 13.9. The monoisotopic (exact) mass is 277 g/mol. The minimum Gasteiger partial charge on any atom is -0.370 e. The van der Waals surface area contributed by atoms with Gasteiger partial charge in [-0.25, -0.2) is 4.39 Å². The fourth-order valence-electron chi connectivity index (χ4n) is 2.22. The van der Waals surface area contributed by atoms with Crippen LogP contribution in [-0.4, -0.2) is 7.05 Å². The van der Waals surface area contributed by atoms with Crippen LogP contribution in [-0.2, 0) is 12.4 Å². The summed E-state index contributed by atoms with van der Waals surface area (Å²) in [7, 11) is 2.01. The molecule has 2 aromatic carbocycles. The van der Waals surface area contributed by atoms with Crippen LogP contribution in [0.4, 0.5) is 10.1 Å². The van der Waals surface area contributed by atoms with Crippen molar-refractivity contribution in [1.82, 2.24) is 0 Å². The molecule has 19 heavy (non-hydrogen) atoms. The first-order valence-corrected chi connectivity index (χ1v) is 6.74. The summed E-state index contributed by atoms with van der Waals surface area (Å²) in [6.45, 7) is 2.74. The van der Waals surface area contributed by atoms with Crippen molar-refractivity contribution in [1.29, 1.82) is 0 Å². The smallest absolute Gasteiger partial charge is 0.123 e. The van der Waals surface area contributed by atoms with Crippen molar-refractivity contribution in [3.63, 3.8) is 0 Å². The SMILES string of the molecule is Cc1cc(CCl)ccc1N(C)Cc1cccc(F)c1. The van der Waals surface area contributed by atoms with Gasteiger partial charge in [0.2, 0.25) is 0 Å². The minimum absolute atomic E-state index is 0.194. The largest absolute Gasteiger partial charge is 0.370 e. The maximum absolute atomic E-state index is 13.2. The number of alkyl halides is 1. The van der Waals surface area contributed by atoms with Gasteiger partial charge in [0, 0.05) is 25.2 Å². The van der Waals surface area contributed by atoms with E-state index in [2.05, 4.69) is 24.0 Å². The molecule has 0 radical (unpaired) electrons. The minimum atomic E-state index is -0.194. The normalized spacial score (nSPS) is 10.5. The van der Waals surface area contributed by atoms with Crippen LogP contribution in [0.2, 0.25) is 0 Å². The van der Waals surface area contributed by atoms with Crippen LogP contribution >= 0.6 is 11.6 Å². The lowest BCUT2D eigenvalue weighted by atomic mass is 10.1. The summed E-state index contributed by atoms with van der Waals surface area (Å²) in [5.74, 6) is 0.328. The van der Waals surface area contributed by atoms with E-state index in [1.807, 2.05) is 19.2 Å². The first-order chi connectivity index (χ1) is 9.10. The molecule has 3 heteroatoms. The van der Waals surface area contributed by atoms with E-state index in [9.17, 15) is 4.39 Å². The number of hydrogen-bond acceptors (Lipinski definition) is 1. The van der Waals surface area contributed by atoms with Crippen molar-refractivity contribution in [2.75, 3.05) is 11.9 Å². The molecule has 0 aliphatic rings. The molecule has 0 fully saturated rings. The molecule has 100 valence electrons. The summed E-state index contributed by atoms with van der Waals surface area (Å²) < 4.78 is 13.2. The standard InChI is InChI=1S/C16H17ClFN/c1-12-8-13(10-17)6-7-16(12)19(2)11-14-4-3-5-15(18)9-14/h3-9H,10-11H2,1-2H3. The maximum Gasteiger partial charge on any atom is 0.123 e. The molecule has 2 aromatic rings. The Labute approximate surface area is 118 Å². The van der Waals surface area contributed by atoms with Crippen molar-refractivity contribution in [2.24, 2.45) is 0 Å². The van der Waals surface area contributed by atoms with Gasteiger partial charge in [-0.2, -0.15) is 0 Å². The zero-order chi connectivity index (χ0) is 13.8. The molecule has 0 unspecified atom stereocenters. The molecular formula is C16H17ClFN. The predicted octanol–water partition coefficient (Wildman–Crippen LogP) is 4.51. The predicted molar refractivity (Wildman–Crippen MR) is 79.2 cm³/mol. The van der Waals surface area contributed by atoms with E-state index in [4.69, 9.17) is 11.6 Å². The molecule has 0 aromatic heterocycles. The highest BCUT2D eigenvalue weighted by atomic mass is 35.5. The average Bonchev–Trinajstić information content (AvgIpc) is 2.38. The Morgan fingerprint density at radius 3 is 2.53 bits per heavy atom. The second kappa shape index (κ2) is 6.07. The molecule has 0 heterocycles. The number of rotatable bonds is 4. The van der Waals surface area contributed by atoms with Crippen LogP contribution < -0.4 is 4.90 Å². The third kappa shape index (κ3) is 3.48. The van der Waals surface area contributed by atoms with Crippen LogP contribution in [0.25, 0.3) is 0 Å². The van der Waals surface area contributed by atoms with E-state index < -0.39 is 0 Å². The van der Waals surface area contributed by atoms with Gasteiger partial charge in [0.1, 0.15) is 5.82 Å². The van der Waals surface area contributed by atoms with Crippen LogP contribution in [0.1, 0.15) is 16.7 Å². The number of anilines is 1. The zero-order valence-corrected chi connectivity index (χ0v) is 11.9. The number of nitrogens with zero attached hydrogens (tertiary/aromatic N) is 1. The van der Waals surface area contributed by atoms with Crippen molar-refractivity contribution in [3.8, 4) is 0 Å². The molecule has 0 aliphatic carbocycles. The van der Waals surface area contributed by atoms with Crippen molar-refractivity contribution < 1.29 is 4.39 Å². The maximum atomic E-state index is 13.2. The van der Waals surface area contributed by atoms with Crippen LogP contribution in [0.5, 0.6) is 0 Å². The summed E-state index contributed by atoms with van der Waals surface area (Å²) in [6, 6.07) is 12.9. The van der Waals surface area contributed by atoms with Crippen molar-refractivity contribution in [2.45, 2.75) is 19.3 Å². The van der Waals surface area contributed by atoms with E-state index in [0.717, 1.165) is 16.8 Å². The van der Waals surface area contributed by atoms with Gasteiger partial charge in [0.05, 0.1) is 0 Å². The van der Waals surface area contributed by atoms with Crippen LogP contribution in [0.15, 0.2) is 42.5 Å². The Morgan fingerprint density at radius 2 is 1.89 bits per heavy atom. The van der Waals surface area contributed by atoms with E-state index in [1.165, 1.54) is 11.6 Å². The lowest BCUT2D eigenvalue weighted by molar-refractivity contribution is 0.625. The van der Waals surface area contributed by atoms with Gasteiger partial charge < -0.3 is 4.90 Å². The molecule has 0 amide bonds. The third-order valence-electron chi connectivity index (χ3n) is 3.14. The molecular weight excluding hydrogens is 261 g/mol. The van der Waals surface area contributed by atoms with E-state index >= 15 is 0 Å². The Kier molecular flexibility index (Phi) is 4.43. The average molecular weight is 278 g/mol. The van der Waals surface area contributed by atoms with Crippen LogP contribution in [0.3, 0.4) is 0 Å². The van der Waals surface area contributed by atoms with Crippen LogP contribution in [0, 0.1) is 12.7 Å². The van der Waals surface area contributed by atoms with E-state index in [-0.39, 0.29) is 5.82 Å². The molecule has 0 N–H and O–H groups in total. The van der Waals surface area contributed by atoms with Gasteiger partial charge in [0.15, 0.2) is 0 Å². The Hall–Kier alpha value is -1.54. The topological polar surface area (TPSA) is 3.24 Å². The van der Waals surface area contributed by atoms with Gasteiger partial charge in [-0.15, -0.1) is 11.6 Å². The number of hydrogen-bond donors (Lipinski definition) is 0. The fourth-order valence-corrected chi connectivity index (χ4v) is 2.39. The number of benzene rings is 2. The molecule has 2 rings (SSSR count). The van der Waals surface area contributed by atoms with Gasteiger partial charge in [-0.05, 0) is 41.8 Å².